The van der Waals surface area contributed by atoms with Crippen LogP contribution < -0.4 is 0 Å². The fourth-order valence-electron chi connectivity index (χ4n) is 2.33. The van der Waals surface area contributed by atoms with Gasteiger partial charge >= 0.3 is 0 Å². The normalized spacial score (nSPS) is 8.96. The summed E-state index contributed by atoms with van der Waals surface area (Å²) in [6.07, 6.45) is 9.97. The van der Waals surface area contributed by atoms with Gasteiger partial charge in [0.05, 0.1) is 0 Å². The Morgan fingerprint density at radius 1 is 0.577 bits per heavy atom. The van der Waals surface area contributed by atoms with E-state index in [0.717, 1.165) is 11.1 Å². The molecule has 26 heavy (non-hydrogen) atoms. The zero-order valence-electron chi connectivity index (χ0n) is 17.6. The van der Waals surface area contributed by atoms with Crippen molar-refractivity contribution in [2.45, 2.75) is 79.6 Å². The predicted octanol–water partition coefficient (Wildman–Crippen LogP) is 8.18. The summed E-state index contributed by atoms with van der Waals surface area (Å²) in [6.45, 7) is 10.6. The number of hydrogen-bond donors (Lipinski definition) is 0. The van der Waals surface area contributed by atoms with E-state index in [1.54, 1.807) is 0 Å². The molecule has 0 bridgehead atoms. The monoisotopic (exact) mass is 350 g/mol. The highest BCUT2D eigenvalue weighted by molar-refractivity contribution is 5.43. The summed E-state index contributed by atoms with van der Waals surface area (Å²) in [4.78, 5) is 0. The molecule has 0 fully saturated rings. The van der Waals surface area contributed by atoms with Crippen LogP contribution in [0.5, 0.6) is 0 Å². The maximum absolute atomic E-state index is 3.14. The van der Waals surface area contributed by atoms with Gasteiger partial charge in [-0.25, -0.2) is 0 Å². The van der Waals surface area contributed by atoms with Crippen molar-refractivity contribution in [3.63, 3.8) is 0 Å². The first kappa shape index (κ1) is 24.0. The first-order valence-electron chi connectivity index (χ1n) is 10.4. The average molecular weight is 351 g/mol. The number of rotatable bonds is 6. The van der Waals surface area contributed by atoms with Gasteiger partial charge in [-0.2, -0.15) is 0 Å². The van der Waals surface area contributed by atoms with Gasteiger partial charge in [0, 0.05) is 11.1 Å². The molecule has 0 unspecified atom stereocenters. The highest BCUT2D eigenvalue weighted by atomic mass is 13.9. The second-order valence-corrected chi connectivity index (χ2v) is 6.25. The van der Waals surface area contributed by atoms with E-state index in [0.29, 0.717) is 0 Å². The summed E-state index contributed by atoms with van der Waals surface area (Å²) >= 11 is 0. The third-order valence-electron chi connectivity index (χ3n) is 3.88. The molecule has 0 N–H and O–H groups in total. The Hall–Kier alpha value is -2.00. The van der Waals surface area contributed by atoms with Crippen molar-refractivity contribution < 1.29 is 0 Å². The van der Waals surface area contributed by atoms with Crippen molar-refractivity contribution >= 4 is 0 Å². The van der Waals surface area contributed by atoms with Crippen LogP contribution in [-0.2, 0) is 0 Å². The van der Waals surface area contributed by atoms with Crippen LogP contribution in [0.1, 0.15) is 89.3 Å². The minimum atomic E-state index is 1.05. The third kappa shape index (κ3) is 13.3. The van der Waals surface area contributed by atoms with Gasteiger partial charge in [-0.15, -0.1) is 0 Å². The first-order chi connectivity index (χ1) is 12.8. The third-order valence-corrected chi connectivity index (χ3v) is 3.88. The number of unbranched alkanes of at least 4 members (excludes halogenated alkanes) is 6. The molecule has 0 heterocycles. The Morgan fingerprint density at radius 2 is 1.00 bits per heavy atom. The van der Waals surface area contributed by atoms with Crippen molar-refractivity contribution in [1.82, 2.24) is 0 Å². The lowest BCUT2D eigenvalue weighted by Gasteiger charge is -1.96. The summed E-state index contributed by atoms with van der Waals surface area (Å²) in [5, 5.41) is 0. The van der Waals surface area contributed by atoms with Crippen LogP contribution >= 0.6 is 0 Å². The molecule has 2 aromatic carbocycles. The molecule has 2 rings (SSSR count). The van der Waals surface area contributed by atoms with E-state index >= 15 is 0 Å². The van der Waals surface area contributed by atoms with Crippen LogP contribution in [0.25, 0.3) is 0 Å². The van der Waals surface area contributed by atoms with Gasteiger partial charge in [-0.3, -0.25) is 0 Å². The predicted molar refractivity (Wildman–Crippen MR) is 119 cm³/mol. The van der Waals surface area contributed by atoms with E-state index in [4.69, 9.17) is 0 Å². The van der Waals surface area contributed by atoms with Crippen LogP contribution in [0.4, 0.5) is 0 Å². The fourth-order valence-corrected chi connectivity index (χ4v) is 2.33. The minimum Gasteiger partial charge on any atom is -0.0683 e. The van der Waals surface area contributed by atoms with Gasteiger partial charge in [0.1, 0.15) is 0 Å². The summed E-state index contributed by atoms with van der Waals surface area (Å²) in [5.74, 6) is 6.27. The van der Waals surface area contributed by atoms with Crippen LogP contribution in [0, 0.1) is 18.8 Å². The Balaban J connectivity index is 0.000000492. The highest BCUT2D eigenvalue weighted by Crippen LogP contribution is 2.05. The Labute approximate surface area is 163 Å². The Morgan fingerprint density at radius 3 is 1.46 bits per heavy atom. The minimum absolute atomic E-state index is 1.05. The molecule has 0 spiro atoms. The smallest absolute Gasteiger partial charge is 0.0249 e. The largest absolute Gasteiger partial charge is 0.0683 e. The molecule has 0 amide bonds. The summed E-state index contributed by atoms with van der Waals surface area (Å²) < 4.78 is 0. The first-order valence-corrected chi connectivity index (χ1v) is 10.4. The molecule has 142 valence electrons. The van der Waals surface area contributed by atoms with E-state index in [1.165, 1.54) is 50.5 Å². The summed E-state index contributed by atoms with van der Waals surface area (Å²) in [7, 11) is 0. The number of benzene rings is 2. The van der Waals surface area contributed by atoms with Gasteiger partial charge in [-0.05, 0) is 31.2 Å². The van der Waals surface area contributed by atoms with E-state index in [2.05, 4.69) is 44.7 Å². The molecule has 0 radical (unpaired) electrons. The van der Waals surface area contributed by atoms with Crippen LogP contribution in [0.3, 0.4) is 0 Å². The standard InChI is InChI=1S/C15H12.C9H20.C2H6/c1-13-7-9-15(10-8-13)12-11-14-5-3-2-4-6-14;1-3-5-7-9-8-6-4-2;1-2/h2-10H,1H3;3-9H2,1-2H3;1-2H3. The lowest BCUT2D eigenvalue weighted by atomic mass is 10.1. The summed E-state index contributed by atoms with van der Waals surface area (Å²) in [5.41, 5.74) is 3.38. The van der Waals surface area contributed by atoms with E-state index in [1.807, 2.05) is 56.3 Å². The van der Waals surface area contributed by atoms with Crippen molar-refractivity contribution in [2.24, 2.45) is 0 Å². The topological polar surface area (TPSA) is 0 Å². The molecule has 0 heteroatoms. The zero-order chi connectivity index (χ0) is 19.5. The average Bonchev–Trinajstić information content (AvgIpc) is 2.70. The second-order valence-electron chi connectivity index (χ2n) is 6.25. The molecular weight excluding hydrogens is 312 g/mol. The fraction of sp³-hybridized carbons (Fsp3) is 0.462. The zero-order valence-corrected chi connectivity index (χ0v) is 17.6. The highest BCUT2D eigenvalue weighted by Gasteiger charge is 1.87. The Kier molecular flexibility index (Phi) is 16.4. The molecular formula is C26H38. The molecule has 0 aliphatic carbocycles. The Bertz CT molecular complexity index is 575. The van der Waals surface area contributed by atoms with Crippen molar-refractivity contribution in [1.29, 1.82) is 0 Å². The SMILES string of the molecule is CC.CCCCCCCCC.Cc1ccc(C#Cc2ccccc2)cc1. The molecule has 0 saturated carbocycles. The molecule has 0 saturated heterocycles. The van der Waals surface area contributed by atoms with E-state index < -0.39 is 0 Å². The number of hydrogen-bond acceptors (Lipinski definition) is 0. The quantitative estimate of drug-likeness (QED) is 0.364. The van der Waals surface area contributed by atoms with E-state index in [-0.39, 0.29) is 0 Å². The molecule has 0 atom stereocenters. The lowest BCUT2D eigenvalue weighted by molar-refractivity contribution is 0.602. The second kappa shape index (κ2) is 17.8. The van der Waals surface area contributed by atoms with Crippen molar-refractivity contribution in [3.8, 4) is 11.8 Å². The van der Waals surface area contributed by atoms with Crippen LogP contribution in [-0.4, -0.2) is 0 Å². The maximum Gasteiger partial charge on any atom is 0.0249 e. The summed E-state index contributed by atoms with van der Waals surface area (Å²) in [6, 6.07) is 18.3. The van der Waals surface area contributed by atoms with Gasteiger partial charge < -0.3 is 0 Å². The van der Waals surface area contributed by atoms with Crippen LogP contribution in [0.15, 0.2) is 54.6 Å². The van der Waals surface area contributed by atoms with Gasteiger partial charge in [0.15, 0.2) is 0 Å². The molecule has 2 aromatic rings. The van der Waals surface area contributed by atoms with E-state index in [9.17, 15) is 0 Å². The maximum atomic E-state index is 3.14. The lowest BCUT2D eigenvalue weighted by Crippen LogP contribution is -1.76. The van der Waals surface area contributed by atoms with Crippen molar-refractivity contribution in [3.05, 3.63) is 71.3 Å². The molecule has 0 aliphatic heterocycles. The number of aryl methyl sites for hydroxylation is 1. The van der Waals surface area contributed by atoms with Crippen molar-refractivity contribution in [2.75, 3.05) is 0 Å². The molecule has 0 nitrogen and oxygen atoms in total. The van der Waals surface area contributed by atoms with Crippen LogP contribution in [0.2, 0.25) is 0 Å². The van der Waals surface area contributed by atoms with Gasteiger partial charge in [0.2, 0.25) is 0 Å². The molecule has 0 aliphatic rings. The van der Waals surface area contributed by atoms with Gasteiger partial charge in [0.25, 0.3) is 0 Å². The van der Waals surface area contributed by atoms with Gasteiger partial charge in [-0.1, -0.05) is 120 Å². The molecule has 0 aromatic heterocycles.